The highest BCUT2D eigenvalue weighted by molar-refractivity contribution is 5.66. The highest BCUT2D eigenvalue weighted by atomic mass is 16.4. The normalized spacial score (nSPS) is 23.4. The van der Waals surface area contributed by atoms with Crippen LogP contribution in [0.4, 0.5) is 4.79 Å². The molecule has 0 aromatic heterocycles. The third kappa shape index (κ3) is 3.67. The number of aliphatic hydroxyl groups excluding tert-OH is 1. The Bertz CT molecular complexity index is 735. The van der Waals surface area contributed by atoms with Gasteiger partial charge in [0.15, 0.2) is 0 Å². The van der Waals surface area contributed by atoms with Crippen LogP contribution in [0.3, 0.4) is 0 Å². The molecule has 1 aliphatic rings. The van der Waals surface area contributed by atoms with Crippen molar-refractivity contribution in [2.75, 3.05) is 13.2 Å². The number of aliphatic hydroxyl groups is 1. The lowest BCUT2D eigenvalue weighted by atomic mass is 9.79. The molecule has 0 spiro atoms. The average Bonchev–Trinajstić information content (AvgIpc) is 2.64. The molecule has 1 fully saturated rings. The van der Waals surface area contributed by atoms with E-state index in [1.54, 1.807) is 0 Å². The summed E-state index contributed by atoms with van der Waals surface area (Å²) >= 11 is 0. The zero-order valence-electron chi connectivity index (χ0n) is 14.1. The summed E-state index contributed by atoms with van der Waals surface area (Å²) in [5, 5.41) is 19.3. The molecule has 132 valence electrons. The Morgan fingerprint density at radius 3 is 2.56 bits per heavy atom. The van der Waals surface area contributed by atoms with Gasteiger partial charge in [-0.2, -0.15) is 0 Å². The monoisotopic (exact) mass is 340 g/mol. The summed E-state index contributed by atoms with van der Waals surface area (Å²) in [7, 11) is 0. The predicted molar refractivity (Wildman–Crippen MR) is 97.3 cm³/mol. The topological polar surface area (TPSA) is 86.8 Å². The SMILES string of the molecule is N[C@@]1(CO)CCCN(C(=O)O)[C@H]1Cc1cccc(-c2ccccc2)c1. The third-order valence-electron chi connectivity index (χ3n) is 5.08. The van der Waals surface area contributed by atoms with Crippen LogP contribution in [-0.2, 0) is 6.42 Å². The van der Waals surface area contributed by atoms with Gasteiger partial charge in [-0.25, -0.2) is 4.79 Å². The molecule has 2 atom stereocenters. The van der Waals surface area contributed by atoms with Gasteiger partial charge in [-0.05, 0) is 36.0 Å². The lowest BCUT2D eigenvalue weighted by molar-refractivity contribution is 0.0354. The molecule has 0 aliphatic carbocycles. The Morgan fingerprint density at radius 1 is 1.16 bits per heavy atom. The van der Waals surface area contributed by atoms with Crippen molar-refractivity contribution in [3.8, 4) is 11.1 Å². The van der Waals surface area contributed by atoms with E-state index in [1.807, 2.05) is 48.5 Å². The van der Waals surface area contributed by atoms with E-state index in [0.717, 1.165) is 16.7 Å². The molecular weight excluding hydrogens is 316 g/mol. The zero-order chi connectivity index (χ0) is 17.9. The van der Waals surface area contributed by atoms with Crippen LogP contribution in [0.15, 0.2) is 54.6 Å². The van der Waals surface area contributed by atoms with E-state index in [-0.39, 0.29) is 6.61 Å². The van der Waals surface area contributed by atoms with Gasteiger partial charge in [0.2, 0.25) is 0 Å². The number of nitrogens with two attached hydrogens (primary N) is 1. The molecule has 1 saturated heterocycles. The molecule has 1 amide bonds. The number of amides is 1. The Hall–Kier alpha value is -2.37. The highest BCUT2D eigenvalue weighted by Gasteiger charge is 2.43. The van der Waals surface area contributed by atoms with Gasteiger partial charge in [0.1, 0.15) is 0 Å². The van der Waals surface area contributed by atoms with Gasteiger partial charge in [-0.3, -0.25) is 0 Å². The van der Waals surface area contributed by atoms with Crippen molar-refractivity contribution in [3.63, 3.8) is 0 Å². The fourth-order valence-electron chi connectivity index (χ4n) is 3.67. The maximum Gasteiger partial charge on any atom is 0.407 e. The minimum atomic E-state index is -0.979. The van der Waals surface area contributed by atoms with Gasteiger partial charge in [0.05, 0.1) is 18.2 Å². The predicted octanol–water partition coefficient (Wildman–Crippen LogP) is 2.73. The zero-order valence-corrected chi connectivity index (χ0v) is 14.1. The van der Waals surface area contributed by atoms with Gasteiger partial charge < -0.3 is 20.8 Å². The average molecular weight is 340 g/mol. The number of benzene rings is 2. The molecule has 0 radical (unpaired) electrons. The summed E-state index contributed by atoms with van der Waals surface area (Å²) < 4.78 is 0. The van der Waals surface area contributed by atoms with E-state index < -0.39 is 17.7 Å². The fraction of sp³-hybridized carbons (Fsp3) is 0.350. The maximum atomic E-state index is 11.6. The molecule has 5 heteroatoms. The molecular formula is C20H24N2O3. The number of hydrogen-bond donors (Lipinski definition) is 3. The summed E-state index contributed by atoms with van der Waals surface area (Å²) in [5.74, 6) is 0. The Labute approximate surface area is 147 Å². The number of carboxylic acid groups (broad SMARTS) is 1. The van der Waals surface area contributed by atoms with Crippen molar-refractivity contribution < 1.29 is 15.0 Å². The highest BCUT2D eigenvalue weighted by Crippen LogP contribution is 2.29. The molecule has 1 heterocycles. The Kier molecular flexibility index (Phi) is 5.06. The van der Waals surface area contributed by atoms with Crippen LogP contribution in [0.2, 0.25) is 0 Å². The first-order valence-corrected chi connectivity index (χ1v) is 8.57. The van der Waals surface area contributed by atoms with Crippen LogP contribution < -0.4 is 5.73 Å². The minimum Gasteiger partial charge on any atom is -0.465 e. The second kappa shape index (κ2) is 7.25. The van der Waals surface area contributed by atoms with E-state index in [1.165, 1.54) is 4.90 Å². The van der Waals surface area contributed by atoms with Crippen LogP contribution in [0, 0.1) is 0 Å². The second-order valence-corrected chi connectivity index (χ2v) is 6.76. The maximum absolute atomic E-state index is 11.6. The van der Waals surface area contributed by atoms with Crippen molar-refractivity contribution in [1.82, 2.24) is 4.90 Å². The van der Waals surface area contributed by atoms with Gasteiger partial charge in [-0.15, -0.1) is 0 Å². The van der Waals surface area contributed by atoms with E-state index in [2.05, 4.69) is 6.07 Å². The largest absolute Gasteiger partial charge is 0.465 e. The molecule has 0 bridgehead atoms. The summed E-state index contributed by atoms with van der Waals surface area (Å²) in [5.41, 5.74) is 8.69. The van der Waals surface area contributed by atoms with Crippen LogP contribution in [0.25, 0.3) is 11.1 Å². The van der Waals surface area contributed by atoms with Crippen molar-refractivity contribution in [2.45, 2.75) is 30.8 Å². The van der Waals surface area contributed by atoms with Crippen LogP contribution in [0.1, 0.15) is 18.4 Å². The summed E-state index contributed by atoms with van der Waals surface area (Å²) in [4.78, 5) is 13.0. The van der Waals surface area contributed by atoms with Gasteiger partial charge >= 0.3 is 6.09 Å². The number of rotatable bonds is 4. The summed E-state index contributed by atoms with van der Waals surface area (Å²) in [6.45, 7) is 0.233. The third-order valence-corrected chi connectivity index (χ3v) is 5.08. The van der Waals surface area contributed by atoms with Gasteiger partial charge in [0, 0.05) is 6.54 Å². The number of nitrogens with zero attached hydrogens (tertiary/aromatic N) is 1. The number of piperidine rings is 1. The van der Waals surface area contributed by atoms with Crippen LogP contribution >= 0.6 is 0 Å². The van der Waals surface area contributed by atoms with E-state index in [4.69, 9.17) is 5.73 Å². The van der Waals surface area contributed by atoms with Crippen molar-refractivity contribution in [3.05, 3.63) is 60.2 Å². The number of hydrogen-bond acceptors (Lipinski definition) is 3. The van der Waals surface area contributed by atoms with Crippen LogP contribution in [0.5, 0.6) is 0 Å². The van der Waals surface area contributed by atoms with Crippen molar-refractivity contribution in [2.24, 2.45) is 5.73 Å². The lowest BCUT2D eigenvalue weighted by Crippen LogP contribution is -2.65. The first-order chi connectivity index (χ1) is 12.0. The lowest BCUT2D eigenvalue weighted by Gasteiger charge is -2.46. The van der Waals surface area contributed by atoms with Gasteiger partial charge in [0.25, 0.3) is 0 Å². The molecule has 3 rings (SSSR count). The van der Waals surface area contributed by atoms with E-state index in [0.29, 0.717) is 25.8 Å². The number of likely N-dealkylation sites (tertiary alicyclic amines) is 1. The minimum absolute atomic E-state index is 0.222. The molecule has 0 unspecified atom stereocenters. The van der Waals surface area contributed by atoms with Crippen molar-refractivity contribution in [1.29, 1.82) is 0 Å². The number of carbonyl (C=O) groups is 1. The molecule has 25 heavy (non-hydrogen) atoms. The van der Waals surface area contributed by atoms with E-state index in [9.17, 15) is 15.0 Å². The van der Waals surface area contributed by atoms with Crippen molar-refractivity contribution >= 4 is 6.09 Å². The summed E-state index contributed by atoms with van der Waals surface area (Å²) in [6.07, 6.45) is 0.803. The first-order valence-electron chi connectivity index (χ1n) is 8.57. The molecule has 5 nitrogen and oxygen atoms in total. The van der Waals surface area contributed by atoms with E-state index >= 15 is 0 Å². The molecule has 4 N–H and O–H groups in total. The Balaban J connectivity index is 1.90. The standard InChI is InChI=1S/C20H24N2O3/c21-20(14-23)10-5-11-22(19(24)25)18(20)13-15-6-4-9-17(12-15)16-7-2-1-3-8-16/h1-4,6-9,12,18,23H,5,10-11,13-14,21H2,(H,24,25)/t18-,20+/m0/s1. The first kappa shape index (κ1) is 17.5. The molecule has 2 aromatic carbocycles. The molecule has 2 aromatic rings. The fourth-order valence-corrected chi connectivity index (χ4v) is 3.67. The quantitative estimate of drug-likeness (QED) is 0.799. The molecule has 0 saturated carbocycles. The summed E-state index contributed by atoms with van der Waals surface area (Å²) in [6, 6.07) is 17.7. The molecule has 1 aliphatic heterocycles. The smallest absolute Gasteiger partial charge is 0.407 e. The van der Waals surface area contributed by atoms with Crippen LogP contribution in [-0.4, -0.2) is 45.9 Å². The van der Waals surface area contributed by atoms with Gasteiger partial charge in [-0.1, -0.05) is 54.6 Å². The Morgan fingerprint density at radius 2 is 1.88 bits per heavy atom. The second-order valence-electron chi connectivity index (χ2n) is 6.76.